The van der Waals surface area contributed by atoms with Crippen molar-refractivity contribution in [2.24, 2.45) is 11.5 Å². The molecule has 1 aliphatic rings. The van der Waals surface area contributed by atoms with E-state index in [0.717, 1.165) is 6.33 Å². The standard InChI is InChI=1S/C10H12N4O5.C6H14N4O2/c15-1-4-6(16)7(17)10(19-4)14-3-13-5-8(14)11-2-12-9(5)18;7-4(5(11)12)2-1-3-10-6(8)9/h2-4,6-7,10,15-17H,1H2,(H,11,12,18);4H,1-3,7H2,(H,11,12)(H4,8,9,10)/t4-,6-,7-,10-;/m1./s1. The number of aromatic hydroxyl groups is 1. The number of nitrogens with zero attached hydrogens (tertiary/aromatic N) is 4. The Labute approximate surface area is 175 Å². The van der Waals surface area contributed by atoms with Crippen molar-refractivity contribution in [2.75, 3.05) is 13.2 Å². The summed E-state index contributed by atoms with van der Waals surface area (Å²) in [6.45, 7) is 0.0674. The van der Waals surface area contributed by atoms with Crippen LogP contribution in [0.1, 0.15) is 19.1 Å². The number of ether oxygens (including phenoxy) is 1. The Bertz CT molecular complexity index is 894. The zero-order chi connectivity index (χ0) is 23.1. The van der Waals surface area contributed by atoms with E-state index in [9.17, 15) is 20.1 Å². The SMILES string of the molecule is N=C(N)NCCCC(N)C(=O)O.OC[C@H]1O[C@@H](n2cnc3c(O)ncnc32)[C@H](O)[C@@H]1O. The zero-order valence-corrected chi connectivity index (χ0v) is 16.4. The van der Waals surface area contributed by atoms with Crippen molar-refractivity contribution >= 4 is 23.1 Å². The lowest BCUT2D eigenvalue weighted by Crippen LogP contribution is -2.34. The lowest BCUT2D eigenvalue weighted by molar-refractivity contribution is -0.138. The summed E-state index contributed by atoms with van der Waals surface area (Å²) in [4.78, 5) is 21.7. The Morgan fingerprint density at radius 2 is 2.03 bits per heavy atom. The van der Waals surface area contributed by atoms with E-state index in [1.807, 2.05) is 0 Å². The van der Waals surface area contributed by atoms with Crippen LogP contribution in [-0.4, -0.2) is 94.5 Å². The van der Waals surface area contributed by atoms with Gasteiger partial charge in [0.15, 0.2) is 23.4 Å². The zero-order valence-electron chi connectivity index (χ0n) is 16.4. The molecule has 0 bridgehead atoms. The second kappa shape index (κ2) is 10.8. The summed E-state index contributed by atoms with van der Waals surface area (Å²) in [6, 6.07) is -0.821. The molecule has 0 saturated carbocycles. The molecule has 3 rings (SSSR count). The van der Waals surface area contributed by atoms with E-state index >= 15 is 0 Å². The molecule has 1 unspecified atom stereocenters. The van der Waals surface area contributed by atoms with Gasteiger partial charge in [-0.1, -0.05) is 0 Å². The number of carbonyl (C=O) groups is 1. The van der Waals surface area contributed by atoms with E-state index in [2.05, 4.69) is 20.3 Å². The smallest absolute Gasteiger partial charge is 0.320 e. The number of aromatic nitrogens is 4. The summed E-state index contributed by atoms with van der Waals surface area (Å²) in [5.74, 6) is -1.40. The molecule has 0 spiro atoms. The summed E-state index contributed by atoms with van der Waals surface area (Å²) in [7, 11) is 0. The van der Waals surface area contributed by atoms with Crippen LogP contribution in [0.2, 0.25) is 0 Å². The maximum Gasteiger partial charge on any atom is 0.320 e. The van der Waals surface area contributed by atoms with Crippen LogP contribution in [0.3, 0.4) is 0 Å². The summed E-state index contributed by atoms with van der Waals surface area (Å²) in [6.07, 6.45) is -0.812. The van der Waals surface area contributed by atoms with Gasteiger partial charge in [-0.25, -0.2) is 9.97 Å². The van der Waals surface area contributed by atoms with Crippen LogP contribution in [-0.2, 0) is 9.53 Å². The van der Waals surface area contributed by atoms with Crippen molar-refractivity contribution in [3.8, 4) is 5.88 Å². The minimum atomic E-state index is -1.23. The van der Waals surface area contributed by atoms with Gasteiger partial charge in [0.1, 0.15) is 30.7 Å². The van der Waals surface area contributed by atoms with Crippen molar-refractivity contribution < 1.29 is 35.1 Å². The van der Waals surface area contributed by atoms with Gasteiger partial charge in [0.05, 0.1) is 12.9 Å². The highest BCUT2D eigenvalue weighted by molar-refractivity contribution is 5.75. The second-order valence-electron chi connectivity index (χ2n) is 6.68. The van der Waals surface area contributed by atoms with Crippen LogP contribution in [0, 0.1) is 5.41 Å². The molecule has 0 radical (unpaired) electrons. The summed E-state index contributed by atoms with van der Waals surface area (Å²) in [5.41, 5.74) is 10.6. The fourth-order valence-electron chi connectivity index (χ4n) is 2.80. The first kappa shape index (κ1) is 24.2. The number of nitrogens with one attached hydrogen (secondary N) is 2. The van der Waals surface area contributed by atoms with Crippen LogP contribution in [0.15, 0.2) is 12.7 Å². The molecule has 0 aliphatic carbocycles. The third-order valence-corrected chi connectivity index (χ3v) is 4.46. The number of rotatable bonds is 7. The van der Waals surface area contributed by atoms with Gasteiger partial charge >= 0.3 is 5.97 Å². The molecule has 11 N–H and O–H groups in total. The molecule has 2 aromatic rings. The topological polar surface area (TPSA) is 259 Å². The van der Waals surface area contributed by atoms with Crippen LogP contribution in [0.25, 0.3) is 11.2 Å². The van der Waals surface area contributed by atoms with E-state index in [0.29, 0.717) is 19.4 Å². The van der Waals surface area contributed by atoms with Gasteiger partial charge in [0.25, 0.3) is 0 Å². The highest BCUT2D eigenvalue weighted by atomic mass is 16.6. The third-order valence-electron chi connectivity index (χ3n) is 4.46. The number of guanidine groups is 1. The molecule has 5 atom stereocenters. The number of aliphatic hydroxyl groups excluding tert-OH is 3. The number of imidazole rings is 1. The fraction of sp³-hybridized carbons (Fsp3) is 0.562. The van der Waals surface area contributed by atoms with E-state index in [1.54, 1.807) is 0 Å². The number of aliphatic hydroxyl groups is 3. The molecule has 0 aromatic carbocycles. The van der Waals surface area contributed by atoms with Crippen molar-refractivity contribution in [3.63, 3.8) is 0 Å². The number of hydrogen-bond donors (Lipinski definition) is 9. The highest BCUT2D eigenvalue weighted by Gasteiger charge is 2.44. The van der Waals surface area contributed by atoms with Gasteiger partial charge in [0.2, 0.25) is 5.88 Å². The molecule has 2 aromatic heterocycles. The Morgan fingerprint density at radius 1 is 1.32 bits per heavy atom. The largest absolute Gasteiger partial charge is 0.492 e. The molecule has 0 amide bonds. The first-order chi connectivity index (χ1) is 14.7. The van der Waals surface area contributed by atoms with Crippen LogP contribution < -0.4 is 16.8 Å². The average Bonchev–Trinajstić information content (AvgIpc) is 3.27. The highest BCUT2D eigenvalue weighted by Crippen LogP contribution is 2.32. The summed E-state index contributed by atoms with van der Waals surface area (Å²) >= 11 is 0. The Morgan fingerprint density at radius 3 is 2.61 bits per heavy atom. The van der Waals surface area contributed by atoms with Gasteiger partial charge < -0.3 is 47.1 Å². The predicted octanol–water partition coefficient (Wildman–Crippen LogP) is -3.20. The van der Waals surface area contributed by atoms with Crippen LogP contribution >= 0.6 is 0 Å². The number of aliphatic carboxylic acids is 1. The first-order valence-electron chi connectivity index (χ1n) is 9.22. The quantitative estimate of drug-likeness (QED) is 0.116. The van der Waals surface area contributed by atoms with E-state index < -0.39 is 43.2 Å². The molecule has 1 saturated heterocycles. The second-order valence-corrected chi connectivity index (χ2v) is 6.68. The minimum Gasteiger partial charge on any atom is -0.492 e. The maximum atomic E-state index is 10.2. The summed E-state index contributed by atoms with van der Waals surface area (Å²) in [5, 5.41) is 55.9. The Hall–Kier alpha value is -3.11. The number of nitrogens with two attached hydrogens (primary N) is 2. The van der Waals surface area contributed by atoms with Crippen LogP contribution in [0.5, 0.6) is 5.88 Å². The lowest BCUT2D eigenvalue weighted by Gasteiger charge is -2.16. The number of fused-ring (bicyclic) bond motifs is 1. The van der Waals surface area contributed by atoms with Gasteiger partial charge in [-0.2, -0.15) is 4.98 Å². The van der Waals surface area contributed by atoms with E-state index in [4.69, 9.17) is 31.8 Å². The number of hydrogen-bond acceptors (Lipinski definition) is 11. The normalized spacial score (nSPS) is 23.7. The maximum absolute atomic E-state index is 10.2. The average molecular weight is 442 g/mol. The monoisotopic (exact) mass is 442 g/mol. The first-order valence-corrected chi connectivity index (χ1v) is 9.22. The number of carboxylic acids is 1. The fourth-order valence-corrected chi connectivity index (χ4v) is 2.80. The number of carboxylic acid groups (broad SMARTS) is 1. The van der Waals surface area contributed by atoms with Gasteiger partial charge in [0, 0.05) is 6.54 Å². The van der Waals surface area contributed by atoms with Gasteiger partial charge in [-0.3, -0.25) is 14.8 Å². The predicted molar refractivity (Wildman–Crippen MR) is 105 cm³/mol. The molecular weight excluding hydrogens is 416 g/mol. The molecule has 1 aliphatic heterocycles. The van der Waals surface area contributed by atoms with Crippen molar-refractivity contribution in [2.45, 2.75) is 43.4 Å². The van der Waals surface area contributed by atoms with Crippen molar-refractivity contribution in [1.29, 1.82) is 5.41 Å². The summed E-state index contributed by atoms with van der Waals surface area (Å²) < 4.78 is 6.73. The molecule has 172 valence electrons. The van der Waals surface area contributed by atoms with Crippen LogP contribution in [0.4, 0.5) is 0 Å². The van der Waals surface area contributed by atoms with Crippen molar-refractivity contribution in [3.05, 3.63) is 12.7 Å². The molecule has 15 nitrogen and oxygen atoms in total. The minimum absolute atomic E-state index is 0.112. The third kappa shape index (κ3) is 5.96. The Balaban J connectivity index is 0.000000248. The van der Waals surface area contributed by atoms with E-state index in [1.165, 1.54) is 10.9 Å². The lowest BCUT2D eigenvalue weighted by atomic mass is 10.1. The van der Waals surface area contributed by atoms with Crippen molar-refractivity contribution in [1.82, 2.24) is 24.8 Å². The van der Waals surface area contributed by atoms with Gasteiger partial charge in [-0.15, -0.1) is 0 Å². The van der Waals surface area contributed by atoms with E-state index in [-0.39, 0.29) is 23.0 Å². The molecule has 3 heterocycles. The molecule has 1 fully saturated rings. The Kier molecular flexibility index (Phi) is 8.40. The molecular formula is C16H26N8O7. The van der Waals surface area contributed by atoms with Gasteiger partial charge in [-0.05, 0) is 12.8 Å². The molecule has 31 heavy (non-hydrogen) atoms. The molecule has 15 heteroatoms.